The van der Waals surface area contributed by atoms with Crippen LogP contribution in [0.3, 0.4) is 0 Å². The lowest BCUT2D eigenvalue weighted by Crippen LogP contribution is -2.44. The van der Waals surface area contributed by atoms with Crippen molar-refractivity contribution >= 4 is 11.9 Å². The van der Waals surface area contributed by atoms with Gasteiger partial charge in [-0.05, 0) is 30.2 Å². The topological polar surface area (TPSA) is 88.7 Å². The van der Waals surface area contributed by atoms with E-state index in [4.69, 9.17) is 9.47 Å². The first-order chi connectivity index (χ1) is 13.1. The third-order valence-corrected chi connectivity index (χ3v) is 4.34. The molecule has 1 aliphatic heterocycles. The van der Waals surface area contributed by atoms with Crippen LogP contribution in [0.1, 0.15) is 30.1 Å². The van der Waals surface area contributed by atoms with Gasteiger partial charge in [0.1, 0.15) is 19.3 Å². The number of carbonyl (C=O) groups excluding carboxylic acids is 2. The minimum atomic E-state index is -0.688. The fourth-order valence-corrected chi connectivity index (χ4v) is 2.89. The number of fused-ring (bicyclic) bond motifs is 1. The zero-order valence-corrected chi connectivity index (χ0v) is 15.3. The van der Waals surface area contributed by atoms with Gasteiger partial charge in [0, 0.05) is 13.1 Å². The summed E-state index contributed by atoms with van der Waals surface area (Å²) < 4.78 is 11.2. The maximum Gasteiger partial charge on any atom is 0.321 e. The second kappa shape index (κ2) is 8.55. The van der Waals surface area contributed by atoms with Crippen LogP contribution in [0.4, 0.5) is 4.79 Å². The van der Waals surface area contributed by atoms with Crippen LogP contribution in [-0.2, 0) is 4.79 Å². The van der Waals surface area contributed by atoms with Crippen molar-refractivity contribution in [3.05, 3.63) is 59.7 Å². The average molecular weight is 369 g/mol. The van der Waals surface area contributed by atoms with Crippen LogP contribution in [0.2, 0.25) is 0 Å². The third-order valence-electron chi connectivity index (χ3n) is 4.34. The monoisotopic (exact) mass is 369 g/mol. The third kappa shape index (κ3) is 4.57. The molecule has 2 unspecified atom stereocenters. The van der Waals surface area contributed by atoms with E-state index in [1.807, 2.05) is 55.5 Å². The van der Waals surface area contributed by atoms with Crippen molar-refractivity contribution in [2.75, 3.05) is 20.3 Å². The zero-order chi connectivity index (χ0) is 19.2. The predicted octanol–water partition coefficient (Wildman–Crippen LogP) is 2.31. The van der Waals surface area contributed by atoms with E-state index in [0.29, 0.717) is 24.7 Å². The van der Waals surface area contributed by atoms with E-state index in [9.17, 15) is 9.59 Å². The summed E-state index contributed by atoms with van der Waals surface area (Å²) in [6.07, 6.45) is 0. The Labute approximate surface area is 158 Å². The Balaban J connectivity index is 1.80. The average Bonchev–Trinajstić information content (AvgIpc) is 2.71. The number of rotatable bonds is 5. The van der Waals surface area contributed by atoms with Crippen LogP contribution >= 0.6 is 0 Å². The van der Waals surface area contributed by atoms with Crippen molar-refractivity contribution in [3.8, 4) is 11.5 Å². The van der Waals surface area contributed by atoms with Gasteiger partial charge in [-0.2, -0.15) is 0 Å². The number of benzene rings is 2. The Morgan fingerprint density at radius 3 is 2.37 bits per heavy atom. The van der Waals surface area contributed by atoms with Gasteiger partial charge in [-0.25, -0.2) is 4.79 Å². The molecule has 1 aliphatic rings. The Bertz CT molecular complexity index is 810. The number of hydrogen-bond donors (Lipinski definition) is 3. The molecule has 7 nitrogen and oxygen atoms in total. The van der Waals surface area contributed by atoms with Gasteiger partial charge in [-0.15, -0.1) is 0 Å². The molecular weight excluding hydrogens is 346 g/mol. The first kappa shape index (κ1) is 18.7. The summed E-state index contributed by atoms with van der Waals surface area (Å²) in [5, 5.41) is 8.03. The zero-order valence-electron chi connectivity index (χ0n) is 15.3. The Hall–Kier alpha value is -3.06. The Morgan fingerprint density at radius 2 is 1.67 bits per heavy atom. The van der Waals surface area contributed by atoms with Crippen LogP contribution in [0.5, 0.6) is 11.5 Å². The van der Waals surface area contributed by atoms with Crippen molar-refractivity contribution in [2.24, 2.45) is 0 Å². The molecule has 0 spiro atoms. The molecule has 0 aliphatic carbocycles. The number of nitrogens with one attached hydrogen (secondary N) is 3. The summed E-state index contributed by atoms with van der Waals surface area (Å²) in [6, 6.07) is 13.6. The lowest BCUT2D eigenvalue weighted by molar-refractivity contribution is -0.122. The SMILES string of the molecule is CNC(=O)NC(=O)C(NC(C)c1ccc2c(c1)OCCO2)c1ccccc1. The quantitative estimate of drug-likeness (QED) is 0.753. The van der Waals surface area contributed by atoms with Gasteiger partial charge in [0.05, 0.1) is 0 Å². The predicted molar refractivity (Wildman–Crippen MR) is 101 cm³/mol. The Morgan fingerprint density at radius 1 is 0.963 bits per heavy atom. The standard InChI is InChI=1S/C20H23N3O4/c1-13(15-8-9-16-17(12-15)27-11-10-26-16)22-18(14-6-4-3-5-7-14)19(24)23-20(25)21-2/h3-9,12-13,18,22H,10-11H2,1-2H3,(H2,21,23,24,25). The molecule has 0 fully saturated rings. The lowest BCUT2D eigenvalue weighted by atomic mass is 10.0. The van der Waals surface area contributed by atoms with Crippen LogP contribution in [0, 0.1) is 0 Å². The summed E-state index contributed by atoms with van der Waals surface area (Å²) in [6.45, 7) is 3.00. The largest absolute Gasteiger partial charge is 0.486 e. The molecular formula is C20H23N3O4. The van der Waals surface area contributed by atoms with E-state index in [2.05, 4.69) is 16.0 Å². The van der Waals surface area contributed by atoms with Gasteiger partial charge in [0.25, 0.3) is 0 Å². The van der Waals surface area contributed by atoms with Gasteiger partial charge in [-0.1, -0.05) is 36.4 Å². The number of amides is 3. The van der Waals surface area contributed by atoms with Gasteiger partial charge in [-0.3, -0.25) is 15.4 Å². The second-order valence-electron chi connectivity index (χ2n) is 6.20. The molecule has 142 valence electrons. The molecule has 3 amide bonds. The lowest BCUT2D eigenvalue weighted by Gasteiger charge is -2.25. The molecule has 1 heterocycles. The molecule has 2 aromatic carbocycles. The number of imide groups is 1. The molecule has 2 atom stereocenters. The highest BCUT2D eigenvalue weighted by Gasteiger charge is 2.25. The molecule has 3 rings (SSSR count). The molecule has 2 aromatic rings. The van der Waals surface area contributed by atoms with E-state index >= 15 is 0 Å². The molecule has 0 aromatic heterocycles. The minimum absolute atomic E-state index is 0.165. The number of urea groups is 1. The molecule has 0 bridgehead atoms. The van der Waals surface area contributed by atoms with E-state index < -0.39 is 18.0 Å². The highest BCUT2D eigenvalue weighted by molar-refractivity contribution is 5.97. The molecule has 0 saturated carbocycles. The normalized spacial score (nSPS) is 14.7. The second-order valence-corrected chi connectivity index (χ2v) is 6.20. The van der Waals surface area contributed by atoms with Gasteiger partial charge in [0.2, 0.25) is 5.91 Å². The van der Waals surface area contributed by atoms with E-state index in [1.54, 1.807) is 0 Å². The van der Waals surface area contributed by atoms with Crippen LogP contribution in [-0.4, -0.2) is 32.2 Å². The maximum atomic E-state index is 12.6. The molecule has 0 radical (unpaired) electrons. The first-order valence-electron chi connectivity index (χ1n) is 8.81. The number of carbonyl (C=O) groups is 2. The van der Waals surface area contributed by atoms with E-state index in [-0.39, 0.29) is 6.04 Å². The van der Waals surface area contributed by atoms with Crippen molar-refractivity contribution in [2.45, 2.75) is 19.0 Å². The Kier molecular flexibility index (Phi) is 5.93. The highest BCUT2D eigenvalue weighted by Crippen LogP contribution is 2.33. The van der Waals surface area contributed by atoms with E-state index in [1.165, 1.54) is 7.05 Å². The summed E-state index contributed by atoms with van der Waals surface area (Å²) in [7, 11) is 1.46. The molecule has 7 heteroatoms. The fraction of sp³-hybridized carbons (Fsp3) is 0.300. The van der Waals surface area contributed by atoms with Crippen molar-refractivity contribution < 1.29 is 19.1 Å². The summed E-state index contributed by atoms with van der Waals surface area (Å²) in [5.41, 5.74) is 1.72. The highest BCUT2D eigenvalue weighted by atomic mass is 16.6. The molecule has 0 saturated heterocycles. The number of hydrogen-bond acceptors (Lipinski definition) is 5. The first-order valence-corrected chi connectivity index (χ1v) is 8.81. The van der Waals surface area contributed by atoms with Crippen LogP contribution < -0.4 is 25.4 Å². The van der Waals surface area contributed by atoms with Gasteiger partial charge < -0.3 is 14.8 Å². The summed E-state index contributed by atoms with van der Waals surface area (Å²) in [5.74, 6) is 0.984. The maximum absolute atomic E-state index is 12.6. The molecule has 27 heavy (non-hydrogen) atoms. The van der Waals surface area contributed by atoms with Gasteiger partial charge >= 0.3 is 6.03 Å². The summed E-state index contributed by atoms with van der Waals surface area (Å²) >= 11 is 0. The number of ether oxygens (including phenoxy) is 2. The van der Waals surface area contributed by atoms with Crippen LogP contribution in [0.25, 0.3) is 0 Å². The van der Waals surface area contributed by atoms with Crippen molar-refractivity contribution in [1.82, 2.24) is 16.0 Å². The van der Waals surface area contributed by atoms with Crippen molar-refractivity contribution in [1.29, 1.82) is 0 Å². The van der Waals surface area contributed by atoms with Gasteiger partial charge in [0.15, 0.2) is 11.5 Å². The summed E-state index contributed by atoms with van der Waals surface area (Å²) in [4.78, 5) is 24.2. The minimum Gasteiger partial charge on any atom is -0.486 e. The van der Waals surface area contributed by atoms with E-state index in [0.717, 1.165) is 11.1 Å². The van der Waals surface area contributed by atoms with Crippen LogP contribution in [0.15, 0.2) is 48.5 Å². The fourth-order valence-electron chi connectivity index (χ4n) is 2.89. The molecule has 3 N–H and O–H groups in total. The van der Waals surface area contributed by atoms with Crippen molar-refractivity contribution in [3.63, 3.8) is 0 Å². The smallest absolute Gasteiger partial charge is 0.321 e.